The van der Waals surface area contributed by atoms with Crippen molar-refractivity contribution in [3.05, 3.63) is 34.9 Å². The number of allylic oxidation sites excluding steroid dienone is 1. The molecule has 3 N–H and O–H groups in total. The molecule has 0 aromatic rings. The molecule has 2 saturated carbocycles. The summed E-state index contributed by atoms with van der Waals surface area (Å²) in [7, 11) is 0. The second kappa shape index (κ2) is 8.69. The molecular weight excluding hydrogens is 492 g/mol. The summed E-state index contributed by atoms with van der Waals surface area (Å²) in [4.78, 5) is 53.3. The van der Waals surface area contributed by atoms with Gasteiger partial charge in [0.05, 0.1) is 24.0 Å². The van der Waals surface area contributed by atoms with Crippen LogP contribution >= 0.6 is 0 Å². The van der Waals surface area contributed by atoms with Crippen molar-refractivity contribution in [2.75, 3.05) is 6.61 Å². The molecule has 8 atom stereocenters. The lowest BCUT2D eigenvalue weighted by Gasteiger charge is -2.52. The van der Waals surface area contributed by atoms with E-state index in [0.717, 1.165) is 6.08 Å². The van der Waals surface area contributed by atoms with Crippen molar-refractivity contribution in [2.24, 2.45) is 35.0 Å². The van der Waals surface area contributed by atoms with Crippen LogP contribution in [0.4, 0.5) is 0 Å². The number of rotatable bonds is 5. The van der Waals surface area contributed by atoms with Crippen LogP contribution in [0.3, 0.4) is 0 Å². The van der Waals surface area contributed by atoms with E-state index in [0.29, 0.717) is 5.57 Å². The fourth-order valence-corrected chi connectivity index (χ4v) is 7.27. The Kier molecular flexibility index (Phi) is 6.50. The Morgan fingerprint density at radius 1 is 1.18 bits per heavy atom. The van der Waals surface area contributed by atoms with Crippen LogP contribution in [-0.2, 0) is 28.7 Å². The SMILES string of the molecule is C/C=C(\C)C(=O)O[C@@H]1[C@@H](C)[C@@]2(O)[C@@H](C(=O)C(CO)=C[C@]3(O)C(=O)C(C)=C[C@@H]23)[C@@H]2C(C)(C)[C@]12OC(=O)C(C)C. The third kappa shape index (κ3) is 3.34. The van der Waals surface area contributed by atoms with E-state index in [2.05, 4.69) is 0 Å². The van der Waals surface area contributed by atoms with Crippen molar-refractivity contribution in [1.82, 2.24) is 0 Å². The average molecular weight is 531 g/mol. The van der Waals surface area contributed by atoms with Crippen molar-refractivity contribution < 1.29 is 44.0 Å². The largest absolute Gasteiger partial charge is 0.454 e. The van der Waals surface area contributed by atoms with E-state index in [1.165, 1.54) is 13.0 Å². The predicted octanol–water partition coefficient (Wildman–Crippen LogP) is 1.83. The molecule has 0 unspecified atom stereocenters. The Labute approximate surface area is 222 Å². The Hall–Kier alpha value is -2.62. The third-order valence-electron chi connectivity index (χ3n) is 9.61. The molecule has 0 saturated heterocycles. The highest BCUT2D eigenvalue weighted by atomic mass is 16.6. The normalized spacial score (nSPS) is 41.4. The zero-order chi connectivity index (χ0) is 28.7. The number of Topliss-reactive ketones (excluding diaryl/α,β-unsaturated/α-hetero) is 2. The molecule has 4 aliphatic carbocycles. The summed E-state index contributed by atoms with van der Waals surface area (Å²) in [5.74, 6) is -7.51. The lowest BCUT2D eigenvalue weighted by molar-refractivity contribution is -0.229. The summed E-state index contributed by atoms with van der Waals surface area (Å²) >= 11 is 0. The van der Waals surface area contributed by atoms with Gasteiger partial charge in [-0.3, -0.25) is 14.4 Å². The van der Waals surface area contributed by atoms with Gasteiger partial charge in [0.15, 0.2) is 22.8 Å². The molecular formula is C29H38O9. The van der Waals surface area contributed by atoms with E-state index in [-0.39, 0.29) is 11.1 Å². The van der Waals surface area contributed by atoms with Crippen LogP contribution in [0.15, 0.2) is 34.9 Å². The molecule has 208 valence electrons. The molecule has 0 radical (unpaired) electrons. The van der Waals surface area contributed by atoms with Gasteiger partial charge in [0.2, 0.25) is 0 Å². The molecule has 4 aliphatic rings. The predicted molar refractivity (Wildman–Crippen MR) is 135 cm³/mol. The fraction of sp³-hybridized carbons (Fsp3) is 0.655. The number of aliphatic hydroxyl groups is 3. The zero-order valence-electron chi connectivity index (χ0n) is 23.2. The molecule has 0 spiro atoms. The summed E-state index contributed by atoms with van der Waals surface area (Å²) < 4.78 is 12.1. The van der Waals surface area contributed by atoms with Gasteiger partial charge in [-0.1, -0.05) is 46.8 Å². The minimum absolute atomic E-state index is 0.200. The number of carbonyl (C=O) groups excluding carboxylic acids is 4. The van der Waals surface area contributed by atoms with Crippen LogP contribution in [-0.4, -0.2) is 68.3 Å². The number of fused-ring (bicyclic) bond motifs is 5. The smallest absolute Gasteiger partial charge is 0.333 e. The lowest BCUT2D eigenvalue weighted by Crippen LogP contribution is -2.67. The fourth-order valence-electron chi connectivity index (χ4n) is 7.27. The first-order valence-corrected chi connectivity index (χ1v) is 13.1. The van der Waals surface area contributed by atoms with Crippen molar-refractivity contribution in [2.45, 2.75) is 78.3 Å². The quantitative estimate of drug-likeness (QED) is 0.358. The van der Waals surface area contributed by atoms with Crippen LogP contribution in [0, 0.1) is 35.0 Å². The van der Waals surface area contributed by atoms with E-state index < -0.39 is 88.0 Å². The number of aliphatic hydroxyl groups excluding tert-OH is 1. The Bertz CT molecular complexity index is 1210. The topological polar surface area (TPSA) is 147 Å². The van der Waals surface area contributed by atoms with Gasteiger partial charge in [-0.05, 0) is 32.4 Å². The van der Waals surface area contributed by atoms with Gasteiger partial charge >= 0.3 is 11.9 Å². The molecule has 38 heavy (non-hydrogen) atoms. The van der Waals surface area contributed by atoms with Gasteiger partial charge in [-0.2, -0.15) is 0 Å². The highest BCUT2D eigenvalue weighted by Crippen LogP contribution is 2.77. The number of ketones is 2. The van der Waals surface area contributed by atoms with E-state index in [1.54, 1.807) is 54.5 Å². The molecule has 0 amide bonds. The standard InChI is InChI=1S/C29H38O9/c1-9-14(4)25(34)37-23-16(6)28(36)18-10-15(5)22(32)27(18,35)11-17(12-30)20(31)19(28)21-26(7,8)29(21,23)38-24(33)13(2)3/h9-11,13,16,18-19,21,23,30,35-36H,12H2,1-8H3/b14-9+/t16-,18-,19+,21-,23-,27-,28+,29-/m1/s1. The molecule has 9 heteroatoms. The first-order chi connectivity index (χ1) is 17.5. The monoisotopic (exact) mass is 530 g/mol. The Balaban J connectivity index is 2.00. The first-order valence-electron chi connectivity index (χ1n) is 13.1. The molecule has 2 fully saturated rings. The first kappa shape index (κ1) is 28.4. The Morgan fingerprint density at radius 3 is 2.32 bits per heavy atom. The highest BCUT2D eigenvalue weighted by Gasteiger charge is 2.89. The number of ether oxygens (including phenoxy) is 2. The maximum atomic E-state index is 14.0. The maximum Gasteiger partial charge on any atom is 0.333 e. The second-order valence-electron chi connectivity index (χ2n) is 12.2. The van der Waals surface area contributed by atoms with Crippen LogP contribution in [0.1, 0.15) is 55.4 Å². The summed E-state index contributed by atoms with van der Waals surface area (Å²) in [5.41, 5.74) is -6.48. The highest BCUT2D eigenvalue weighted by molar-refractivity contribution is 6.09. The number of carbonyl (C=O) groups is 4. The van der Waals surface area contributed by atoms with Gasteiger partial charge in [0.25, 0.3) is 0 Å². The lowest BCUT2D eigenvalue weighted by atomic mass is 9.58. The van der Waals surface area contributed by atoms with Gasteiger partial charge < -0.3 is 24.8 Å². The van der Waals surface area contributed by atoms with Crippen LogP contribution in [0.2, 0.25) is 0 Å². The third-order valence-corrected chi connectivity index (χ3v) is 9.61. The van der Waals surface area contributed by atoms with Gasteiger partial charge in [0, 0.05) is 34.3 Å². The van der Waals surface area contributed by atoms with E-state index in [9.17, 15) is 34.5 Å². The summed E-state index contributed by atoms with van der Waals surface area (Å²) in [5, 5.41) is 34.4. The number of hydrogen-bond acceptors (Lipinski definition) is 9. The summed E-state index contributed by atoms with van der Waals surface area (Å²) in [6.07, 6.45) is 2.88. The number of hydrogen-bond donors (Lipinski definition) is 3. The van der Waals surface area contributed by atoms with E-state index in [1.807, 2.05) is 0 Å². The molecule has 0 heterocycles. The van der Waals surface area contributed by atoms with Crippen LogP contribution < -0.4 is 0 Å². The van der Waals surface area contributed by atoms with Gasteiger partial charge in [-0.15, -0.1) is 0 Å². The zero-order valence-corrected chi connectivity index (χ0v) is 23.2. The van der Waals surface area contributed by atoms with Crippen molar-refractivity contribution in [1.29, 1.82) is 0 Å². The molecule has 0 aliphatic heterocycles. The minimum atomic E-state index is -2.28. The number of esters is 2. The van der Waals surface area contributed by atoms with Crippen LogP contribution in [0.5, 0.6) is 0 Å². The van der Waals surface area contributed by atoms with Crippen molar-refractivity contribution in [3.63, 3.8) is 0 Å². The van der Waals surface area contributed by atoms with E-state index in [4.69, 9.17) is 9.47 Å². The molecule has 0 aromatic carbocycles. The summed E-state index contributed by atoms with van der Waals surface area (Å²) in [6, 6.07) is 0. The molecule has 4 rings (SSSR count). The van der Waals surface area contributed by atoms with Gasteiger partial charge in [0.1, 0.15) is 6.10 Å². The second-order valence-corrected chi connectivity index (χ2v) is 12.2. The summed E-state index contributed by atoms with van der Waals surface area (Å²) in [6.45, 7) is 12.5. The average Bonchev–Trinajstić information content (AvgIpc) is 3.26. The molecule has 0 bridgehead atoms. The Morgan fingerprint density at radius 2 is 1.79 bits per heavy atom. The van der Waals surface area contributed by atoms with Gasteiger partial charge in [-0.25, -0.2) is 4.79 Å². The van der Waals surface area contributed by atoms with Crippen molar-refractivity contribution >= 4 is 23.5 Å². The van der Waals surface area contributed by atoms with E-state index >= 15 is 0 Å². The van der Waals surface area contributed by atoms with Crippen molar-refractivity contribution in [3.8, 4) is 0 Å². The van der Waals surface area contributed by atoms with Crippen LogP contribution in [0.25, 0.3) is 0 Å². The maximum absolute atomic E-state index is 14.0. The molecule has 0 aromatic heterocycles. The minimum Gasteiger partial charge on any atom is -0.454 e. The molecule has 9 nitrogen and oxygen atoms in total.